The third-order valence-electron chi connectivity index (χ3n) is 5.53. The molecule has 0 aliphatic rings. The average molecular weight is 550 g/mol. The van der Waals surface area contributed by atoms with Crippen LogP contribution in [0.2, 0.25) is 10.0 Å². The van der Waals surface area contributed by atoms with Crippen molar-refractivity contribution in [1.29, 1.82) is 0 Å². The Balaban J connectivity index is 1.62. The van der Waals surface area contributed by atoms with Gasteiger partial charge in [0.25, 0.3) is 0 Å². The number of imidazole rings is 1. The van der Waals surface area contributed by atoms with Crippen molar-refractivity contribution < 1.29 is 16.8 Å². The number of rotatable bonds is 9. The summed E-state index contributed by atoms with van der Waals surface area (Å²) in [6.45, 7) is 0.146. The van der Waals surface area contributed by atoms with Crippen LogP contribution < -0.4 is 0 Å². The molecule has 0 spiro atoms. The minimum atomic E-state index is -3.67. The van der Waals surface area contributed by atoms with E-state index in [4.69, 9.17) is 23.2 Å². The Morgan fingerprint density at radius 2 is 1.29 bits per heavy atom. The highest BCUT2D eigenvalue weighted by molar-refractivity contribution is 7.91. The zero-order chi connectivity index (χ0) is 25.1. The molecule has 10 heteroatoms. The van der Waals surface area contributed by atoms with Crippen LogP contribution in [0.15, 0.2) is 96.4 Å². The highest BCUT2D eigenvalue weighted by atomic mass is 35.5. The lowest BCUT2D eigenvalue weighted by atomic mass is 10.1. The molecule has 1 unspecified atom stereocenters. The highest BCUT2D eigenvalue weighted by Crippen LogP contribution is 2.30. The lowest BCUT2D eigenvalue weighted by Crippen LogP contribution is -2.20. The summed E-state index contributed by atoms with van der Waals surface area (Å²) in [5, 5.41) is 0.149. The van der Waals surface area contributed by atoms with E-state index in [1.165, 1.54) is 12.1 Å². The van der Waals surface area contributed by atoms with Crippen molar-refractivity contribution in [3.8, 4) is 0 Å². The van der Waals surface area contributed by atoms with Crippen LogP contribution in [0.25, 0.3) is 0 Å². The van der Waals surface area contributed by atoms with Gasteiger partial charge in [-0.15, -0.1) is 0 Å². The van der Waals surface area contributed by atoms with Crippen LogP contribution >= 0.6 is 23.2 Å². The molecule has 4 rings (SSSR count). The van der Waals surface area contributed by atoms with Gasteiger partial charge < -0.3 is 4.57 Å². The molecule has 0 bridgehead atoms. The molecule has 6 nitrogen and oxygen atoms in total. The largest absolute Gasteiger partial charge is 0.336 e. The summed E-state index contributed by atoms with van der Waals surface area (Å²) in [6.07, 6.45) is 4.82. The zero-order valence-electron chi connectivity index (χ0n) is 18.5. The van der Waals surface area contributed by atoms with Crippen molar-refractivity contribution in [2.24, 2.45) is 0 Å². The number of halogens is 2. The molecule has 4 aromatic rings. The fourth-order valence-electron chi connectivity index (χ4n) is 3.70. The van der Waals surface area contributed by atoms with Gasteiger partial charge in [-0.3, -0.25) is 0 Å². The monoisotopic (exact) mass is 548 g/mol. The number of hydrogen-bond acceptors (Lipinski definition) is 5. The van der Waals surface area contributed by atoms with Crippen LogP contribution in [0.1, 0.15) is 21.9 Å². The van der Waals surface area contributed by atoms with Crippen molar-refractivity contribution in [2.45, 2.75) is 28.2 Å². The minimum absolute atomic E-state index is 0.118. The molecule has 1 atom stereocenters. The molecule has 3 aromatic carbocycles. The molecule has 0 saturated heterocycles. The Kier molecular flexibility index (Phi) is 7.66. The lowest BCUT2D eigenvalue weighted by Gasteiger charge is -2.19. The number of aromatic nitrogens is 2. The van der Waals surface area contributed by atoms with Gasteiger partial charge in [0, 0.05) is 29.0 Å². The molecule has 0 N–H and O–H groups in total. The van der Waals surface area contributed by atoms with E-state index in [1.54, 1.807) is 84.0 Å². The summed E-state index contributed by atoms with van der Waals surface area (Å²) in [4.78, 5) is 4.12. The second-order valence-electron chi connectivity index (χ2n) is 8.14. The lowest BCUT2D eigenvalue weighted by molar-refractivity contribution is 0.561. The summed E-state index contributed by atoms with van der Waals surface area (Å²) in [6, 6.07) is 19.3. The Morgan fingerprint density at radius 1 is 0.743 bits per heavy atom. The van der Waals surface area contributed by atoms with Crippen LogP contribution in [0, 0.1) is 0 Å². The third kappa shape index (κ3) is 6.52. The summed E-state index contributed by atoms with van der Waals surface area (Å²) < 4.78 is 54.5. The highest BCUT2D eigenvalue weighted by Gasteiger charge is 2.29. The van der Waals surface area contributed by atoms with E-state index in [1.807, 2.05) is 0 Å². The molecule has 0 aliphatic heterocycles. The van der Waals surface area contributed by atoms with Crippen molar-refractivity contribution in [2.75, 3.05) is 0 Å². The SMILES string of the molecule is O=S(=O)(Cc1ccc(Cl)cc1)c1ccc(C(Cn2ccnc2)S(=O)(=O)Cc2ccc(Cl)cc2)cc1. The molecule has 0 saturated carbocycles. The molecule has 0 fully saturated rings. The molecule has 1 heterocycles. The second kappa shape index (κ2) is 10.5. The van der Waals surface area contributed by atoms with E-state index in [0.717, 1.165) is 0 Å². The van der Waals surface area contributed by atoms with E-state index >= 15 is 0 Å². The normalized spacial score (nSPS) is 13.0. The number of benzene rings is 3. The molecular weight excluding hydrogens is 527 g/mol. The van der Waals surface area contributed by atoms with Crippen molar-refractivity contribution in [1.82, 2.24) is 9.55 Å². The van der Waals surface area contributed by atoms with Crippen molar-refractivity contribution in [3.05, 3.63) is 118 Å². The number of nitrogens with zero attached hydrogens (tertiary/aromatic N) is 2. The van der Waals surface area contributed by atoms with E-state index in [2.05, 4.69) is 4.98 Å². The number of hydrogen-bond donors (Lipinski definition) is 0. The van der Waals surface area contributed by atoms with Crippen LogP contribution in [0.4, 0.5) is 0 Å². The van der Waals surface area contributed by atoms with Gasteiger partial charge in [-0.25, -0.2) is 21.8 Å². The predicted molar refractivity (Wildman–Crippen MR) is 138 cm³/mol. The first-order chi connectivity index (χ1) is 16.6. The Hall–Kier alpha value is -2.65. The van der Waals surface area contributed by atoms with E-state index < -0.39 is 24.9 Å². The van der Waals surface area contributed by atoms with Crippen LogP contribution in [0.5, 0.6) is 0 Å². The summed E-state index contributed by atoms with van der Waals surface area (Å²) in [7, 11) is -7.30. The Bertz CT molecular complexity index is 1490. The minimum Gasteiger partial charge on any atom is -0.336 e. The maximum absolute atomic E-state index is 13.5. The topological polar surface area (TPSA) is 86.1 Å². The fraction of sp³-hybridized carbons (Fsp3) is 0.160. The van der Waals surface area contributed by atoms with E-state index in [0.29, 0.717) is 26.7 Å². The second-order valence-corrected chi connectivity index (χ2v) is 13.2. The van der Waals surface area contributed by atoms with Gasteiger partial charge in [-0.2, -0.15) is 0 Å². The molecular formula is C25H22Cl2N2O4S2. The maximum Gasteiger partial charge on any atom is 0.182 e. The zero-order valence-corrected chi connectivity index (χ0v) is 21.6. The van der Waals surface area contributed by atoms with Gasteiger partial charge in [-0.05, 0) is 53.1 Å². The van der Waals surface area contributed by atoms with E-state index in [9.17, 15) is 16.8 Å². The van der Waals surface area contributed by atoms with Gasteiger partial charge in [0.1, 0.15) is 5.25 Å². The smallest absolute Gasteiger partial charge is 0.182 e. The first-order valence-corrected chi connectivity index (χ1v) is 14.7. The molecule has 0 amide bonds. The maximum atomic E-state index is 13.5. The molecule has 182 valence electrons. The Labute approximate surface area is 215 Å². The van der Waals surface area contributed by atoms with Gasteiger partial charge in [0.2, 0.25) is 0 Å². The van der Waals surface area contributed by atoms with Crippen LogP contribution in [-0.2, 0) is 37.7 Å². The predicted octanol–water partition coefficient (Wildman–Crippen LogP) is 5.52. The van der Waals surface area contributed by atoms with Crippen LogP contribution in [-0.4, -0.2) is 26.4 Å². The Morgan fingerprint density at radius 3 is 1.80 bits per heavy atom. The van der Waals surface area contributed by atoms with Gasteiger partial charge >= 0.3 is 0 Å². The third-order valence-corrected chi connectivity index (χ3v) is 9.76. The standard InChI is InChI=1S/C25H22Cl2N2O4S2/c26-22-7-1-19(2-8-22)16-34(30,31)24-11-5-21(6-12-24)25(15-29-14-13-28-18-29)35(32,33)17-20-3-9-23(27)10-4-20/h1-14,18,25H,15-17H2. The van der Waals surface area contributed by atoms with Gasteiger partial charge in [-0.1, -0.05) is 59.6 Å². The van der Waals surface area contributed by atoms with Gasteiger partial charge in [0.15, 0.2) is 19.7 Å². The van der Waals surface area contributed by atoms with Crippen molar-refractivity contribution in [3.63, 3.8) is 0 Å². The first-order valence-electron chi connectivity index (χ1n) is 10.6. The number of sulfone groups is 2. The van der Waals surface area contributed by atoms with Gasteiger partial charge in [0.05, 0.1) is 22.7 Å². The summed E-state index contributed by atoms with van der Waals surface area (Å²) >= 11 is 11.8. The first kappa shape index (κ1) is 25.4. The average Bonchev–Trinajstić information content (AvgIpc) is 3.34. The fourth-order valence-corrected chi connectivity index (χ4v) is 7.13. The molecule has 35 heavy (non-hydrogen) atoms. The molecule has 0 radical (unpaired) electrons. The van der Waals surface area contributed by atoms with Crippen molar-refractivity contribution >= 4 is 42.9 Å². The summed E-state index contributed by atoms with van der Waals surface area (Å²) in [5.41, 5.74) is 1.73. The summed E-state index contributed by atoms with van der Waals surface area (Å²) in [5.74, 6) is -0.364. The quantitative estimate of drug-likeness (QED) is 0.275. The van der Waals surface area contributed by atoms with E-state index in [-0.39, 0.29) is 22.9 Å². The molecule has 0 aliphatic carbocycles. The molecule has 1 aromatic heterocycles. The van der Waals surface area contributed by atoms with Crippen LogP contribution in [0.3, 0.4) is 0 Å².